The molecule has 2 aromatic rings. The number of ether oxygens (including phenoxy) is 3. The van der Waals surface area contributed by atoms with E-state index in [2.05, 4.69) is 26.0 Å². The van der Waals surface area contributed by atoms with Crippen LogP contribution in [0.1, 0.15) is 11.1 Å². The van der Waals surface area contributed by atoms with Gasteiger partial charge in [-0.05, 0) is 41.5 Å². The molecule has 1 saturated heterocycles. The van der Waals surface area contributed by atoms with Crippen LogP contribution in [0.4, 0.5) is 4.79 Å². The number of rotatable bonds is 7. The summed E-state index contributed by atoms with van der Waals surface area (Å²) in [6.45, 7) is -0.202. The summed E-state index contributed by atoms with van der Waals surface area (Å²) in [5.74, 6) is -0.647. The van der Waals surface area contributed by atoms with Crippen LogP contribution < -0.4 is 14.8 Å². The van der Waals surface area contributed by atoms with Gasteiger partial charge < -0.3 is 19.5 Å². The van der Waals surface area contributed by atoms with Crippen molar-refractivity contribution in [2.75, 3.05) is 20.8 Å². The zero-order chi connectivity index (χ0) is 22.5. The van der Waals surface area contributed by atoms with E-state index in [1.54, 1.807) is 12.1 Å². The van der Waals surface area contributed by atoms with Crippen molar-refractivity contribution in [3.8, 4) is 11.5 Å². The number of amides is 3. The van der Waals surface area contributed by atoms with Gasteiger partial charge in [0.2, 0.25) is 0 Å². The summed E-state index contributed by atoms with van der Waals surface area (Å²) in [6.07, 6.45) is 1.43. The van der Waals surface area contributed by atoms with Crippen molar-refractivity contribution in [2.24, 2.45) is 0 Å². The standard InChI is InChI=1S/C21H18BrClN2O6/c1-29-17-9-13(8-16-20(27)25(21(28)24-16)10-18(26)30-2)7-15(23)19(17)31-11-12-3-5-14(22)6-4-12/h3-9H,10-11H2,1-2H3,(H,24,28)/b16-8+. The van der Waals surface area contributed by atoms with E-state index in [9.17, 15) is 14.4 Å². The Labute approximate surface area is 191 Å². The van der Waals surface area contributed by atoms with Crippen molar-refractivity contribution in [3.05, 3.63) is 62.7 Å². The number of hydrogen-bond donors (Lipinski definition) is 1. The molecule has 0 bridgehead atoms. The van der Waals surface area contributed by atoms with Gasteiger partial charge in [-0.15, -0.1) is 0 Å². The predicted octanol–water partition coefficient (Wildman–Crippen LogP) is 3.76. The molecule has 0 unspecified atom stereocenters. The van der Waals surface area contributed by atoms with Gasteiger partial charge in [-0.3, -0.25) is 9.59 Å². The fourth-order valence-electron chi connectivity index (χ4n) is 2.77. The van der Waals surface area contributed by atoms with Gasteiger partial charge in [0.05, 0.1) is 19.2 Å². The van der Waals surface area contributed by atoms with Crippen molar-refractivity contribution >= 4 is 51.5 Å². The molecule has 1 aliphatic heterocycles. The molecule has 0 aromatic heterocycles. The molecule has 0 saturated carbocycles. The number of imide groups is 1. The molecule has 31 heavy (non-hydrogen) atoms. The lowest BCUT2D eigenvalue weighted by Crippen LogP contribution is -2.36. The lowest BCUT2D eigenvalue weighted by Gasteiger charge is -2.14. The predicted molar refractivity (Wildman–Crippen MR) is 117 cm³/mol. The van der Waals surface area contributed by atoms with E-state index in [1.165, 1.54) is 20.3 Å². The minimum Gasteiger partial charge on any atom is -0.493 e. The quantitative estimate of drug-likeness (QED) is 0.347. The Balaban J connectivity index is 1.80. The summed E-state index contributed by atoms with van der Waals surface area (Å²) in [5.41, 5.74) is 1.44. The Bertz CT molecular complexity index is 1050. The Morgan fingerprint density at radius 2 is 1.90 bits per heavy atom. The van der Waals surface area contributed by atoms with E-state index >= 15 is 0 Å². The van der Waals surface area contributed by atoms with Crippen LogP contribution in [0.5, 0.6) is 11.5 Å². The van der Waals surface area contributed by atoms with E-state index in [4.69, 9.17) is 21.1 Å². The number of nitrogens with zero attached hydrogens (tertiary/aromatic N) is 1. The molecule has 10 heteroatoms. The molecule has 1 heterocycles. The fourth-order valence-corrected chi connectivity index (χ4v) is 3.31. The second-order valence-electron chi connectivity index (χ2n) is 6.40. The topological polar surface area (TPSA) is 94.2 Å². The average Bonchev–Trinajstić information content (AvgIpc) is 3.01. The van der Waals surface area contributed by atoms with E-state index in [-0.39, 0.29) is 17.3 Å². The van der Waals surface area contributed by atoms with Gasteiger partial charge in [0.1, 0.15) is 18.8 Å². The van der Waals surface area contributed by atoms with Gasteiger partial charge in [0.25, 0.3) is 5.91 Å². The van der Waals surface area contributed by atoms with Crippen LogP contribution in [0.3, 0.4) is 0 Å². The number of nitrogens with one attached hydrogen (secondary N) is 1. The molecule has 1 aliphatic rings. The monoisotopic (exact) mass is 508 g/mol. The first-order valence-electron chi connectivity index (χ1n) is 8.98. The number of halogens is 2. The molecular weight excluding hydrogens is 492 g/mol. The number of carbonyl (C=O) groups is 3. The summed E-state index contributed by atoms with van der Waals surface area (Å²) in [6, 6.07) is 10.1. The molecule has 2 aromatic carbocycles. The molecule has 0 aliphatic carbocycles. The van der Waals surface area contributed by atoms with Crippen LogP contribution in [0.25, 0.3) is 6.08 Å². The van der Waals surface area contributed by atoms with Gasteiger partial charge in [0.15, 0.2) is 11.5 Å². The van der Waals surface area contributed by atoms with Crippen LogP contribution in [0.15, 0.2) is 46.6 Å². The molecule has 3 rings (SSSR count). The molecule has 0 spiro atoms. The molecule has 1 N–H and O–H groups in total. The number of carbonyl (C=O) groups excluding carboxylic acids is 3. The largest absolute Gasteiger partial charge is 0.493 e. The van der Waals surface area contributed by atoms with E-state index in [1.807, 2.05) is 24.3 Å². The highest BCUT2D eigenvalue weighted by Gasteiger charge is 2.35. The SMILES string of the molecule is COC(=O)CN1C(=O)N/C(=C/c2cc(Cl)c(OCc3ccc(Br)cc3)c(OC)c2)C1=O. The van der Waals surface area contributed by atoms with Crippen LogP contribution in [-0.2, 0) is 20.9 Å². The molecule has 3 amide bonds. The zero-order valence-corrected chi connectivity index (χ0v) is 19.0. The van der Waals surface area contributed by atoms with Gasteiger partial charge in [-0.2, -0.15) is 0 Å². The third-order valence-corrected chi connectivity index (χ3v) is 5.15. The molecule has 0 atom stereocenters. The Morgan fingerprint density at radius 3 is 2.55 bits per heavy atom. The maximum atomic E-state index is 12.4. The summed E-state index contributed by atoms with van der Waals surface area (Å²) in [7, 11) is 2.64. The van der Waals surface area contributed by atoms with Crippen molar-refractivity contribution in [1.82, 2.24) is 10.2 Å². The van der Waals surface area contributed by atoms with Gasteiger partial charge in [-0.1, -0.05) is 39.7 Å². The highest BCUT2D eigenvalue weighted by molar-refractivity contribution is 9.10. The van der Waals surface area contributed by atoms with Crippen molar-refractivity contribution in [3.63, 3.8) is 0 Å². The van der Waals surface area contributed by atoms with Crippen molar-refractivity contribution < 1.29 is 28.6 Å². The Hall–Kier alpha value is -3.04. The summed E-state index contributed by atoms with van der Waals surface area (Å²) >= 11 is 9.77. The smallest absolute Gasteiger partial charge is 0.329 e. The third-order valence-electron chi connectivity index (χ3n) is 4.34. The minimum absolute atomic E-state index is 0.00412. The van der Waals surface area contributed by atoms with Gasteiger partial charge in [0, 0.05) is 4.47 Å². The van der Waals surface area contributed by atoms with Gasteiger partial charge >= 0.3 is 12.0 Å². The molecular formula is C21H18BrClN2O6. The zero-order valence-electron chi connectivity index (χ0n) is 16.6. The van der Waals surface area contributed by atoms with Crippen molar-refractivity contribution in [2.45, 2.75) is 6.61 Å². The number of esters is 1. The lowest BCUT2D eigenvalue weighted by atomic mass is 10.1. The first kappa shape index (κ1) is 22.6. The number of benzene rings is 2. The molecule has 0 radical (unpaired) electrons. The van der Waals surface area contributed by atoms with E-state index in [0.29, 0.717) is 17.1 Å². The first-order chi connectivity index (χ1) is 14.8. The first-order valence-corrected chi connectivity index (χ1v) is 10.2. The number of methoxy groups -OCH3 is 2. The van der Waals surface area contributed by atoms with Crippen LogP contribution in [0.2, 0.25) is 5.02 Å². The number of urea groups is 1. The normalized spacial score (nSPS) is 14.6. The molecule has 1 fully saturated rings. The van der Waals surface area contributed by atoms with Crippen LogP contribution in [-0.4, -0.2) is 43.6 Å². The summed E-state index contributed by atoms with van der Waals surface area (Å²) < 4.78 is 16.7. The summed E-state index contributed by atoms with van der Waals surface area (Å²) in [4.78, 5) is 36.6. The van der Waals surface area contributed by atoms with Crippen molar-refractivity contribution in [1.29, 1.82) is 0 Å². The second kappa shape index (κ2) is 9.84. The Kier molecular flexibility index (Phi) is 7.19. The highest BCUT2D eigenvalue weighted by Crippen LogP contribution is 2.37. The number of hydrogen-bond acceptors (Lipinski definition) is 6. The van der Waals surface area contributed by atoms with E-state index in [0.717, 1.165) is 14.9 Å². The second-order valence-corrected chi connectivity index (χ2v) is 7.73. The average molecular weight is 510 g/mol. The maximum Gasteiger partial charge on any atom is 0.329 e. The lowest BCUT2D eigenvalue weighted by molar-refractivity contribution is -0.143. The van der Waals surface area contributed by atoms with Gasteiger partial charge in [-0.25, -0.2) is 9.69 Å². The molecule has 8 nitrogen and oxygen atoms in total. The summed E-state index contributed by atoms with van der Waals surface area (Å²) in [5, 5.41) is 2.70. The highest BCUT2D eigenvalue weighted by atomic mass is 79.9. The fraction of sp³-hybridized carbons (Fsp3) is 0.190. The van der Waals surface area contributed by atoms with Crippen LogP contribution in [0, 0.1) is 0 Å². The Morgan fingerprint density at radius 1 is 1.19 bits per heavy atom. The molecule has 162 valence electrons. The third kappa shape index (κ3) is 5.36. The van der Waals surface area contributed by atoms with E-state index < -0.39 is 24.5 Å². The minimum atomic E-state index is -0.714. The maximum absolute atomic E-state index is 12.4. The van der Waals surface area contributed by atoms with Crippen LogP contribution >= 0.6 is 27.5 Å².